The minimum absolute atomic E-state index is 0.0368. The lowest BCUT2D eigenvalue weighted by Gasteiger charge is -2.25. The molecule has 2 heterocycles. The lowest BCUT2D eigenvalue weighted by molar-refractivity contribution is 0.0965. The fourth-order valence-corrected chi connectivity index (χ4v) is 5.14. The Morgan fingerprint density at radius 3 is 2.49 bits per heavy atom. The van der Waals surface area contributed by atoms with Gasteiger partial charge in [-0.15, -0.1) is 0 Å². The van der Waals surface area contributed by atoms with Crippen molar-refractivity contribution in [3.63, 3.8) is 0 Å². The molecule has 13 heteroatoms. The van der Waals surface area contributed by atoms with Crippen LogP contribution in [0.15, 0.2) is 54.7 Å². The van der Waals surface area contributed by atoms with Gasteiger partial charge >= 0.3 is 7.12 Å². The summed E-state index contributed by atoms with van der Waals surface area (Å²) in [6.07, 6.45) is 3.51. The molecule has 3 N–H and O–H groups in total. The quantitative estimate of drug-likeness (QED) is 0.215. The van der Waals surface area contributed by atoms with Gasteiger partial charge in [0.15, 0.2) is 0 Å². The lowest BCUT2D eigenvalue weighted by atomic mass is 9.79. The number of nitrogens with zero attached hydrogens (tertiary/aromatic N) is 3. The molecular weight excluding hydrogens is 529 g/mol. The van der Waals surface area contributed by atoms with E-state index in [1.165, 1.54) is 48.0 Å². The van der Waals surface area contributed by atoms with Crippen LogP contribution in [-0.4, -0.2) is 52.8 Å². The first kappa shape index (κ1) is 27.1. The first-order valence-corrected chi connectivity index (χ1v) is 13.2. The third-order valence-electron chi connectivity index (χ3n) is 6.74. The van der Waals surface area contributed by atoms with E-state index in [1.54, 1.807) is 6.20 Å². The Morgan fingerprint density at radius 2 is 1.90 bits per heavy atom. The minimum atomic E-state index is -2.67. The van der Waals surface area contributed by atoms with Gasteiger partial charge in [0, 0.05) is 48.6 Å². The van der Waals surface area contributed by atoms with Crippen molar-refractivity contribution in [2.75, 3.05) is 7.05 Å². The number of fused-ring (bicyclic) bond motifs is 1. The monoisotopic (exact) mass is 553 g/mol. The zero-order valence-corrected chi connectivity index (χ0v) is 21.6. The number of pyridine rings is 1. The molecule has 1 aliphatic rings. The number of nitrogens with one attached hydrogen (secondary N) is 1. The van der Waals surface area contributed by atoms with E-state index < -0.39 is 30.0 Å². The standard InChI is InChI=1S/C26H25BF2N4O5S/c1-30-26(34)24-23-11-20(16-3-4-16)18(14-33(23)31-25(24)17-5-7-19(28)8-6-17)13-32(39(37)38)12-15-2-9-21(27(35)36)22(29)10-15/h2,5-11,14,16,35-36H,3-4,12-13H2,1H3,(H,30,34)(H,37,38)/p-1. The highest BCUT2D eigenvalue weighted by Gasteiger charge is 2.30. The fraction of sp³-hybridized carbons (Fsp3) is 0.231. The normalized spacial score (nSPS) is 14.1. The summed E-state index contributed by atoms with van der Waals surface area (Å²) >= 11 is -2.67. The molecule has 2 aromatic carbocycles. The van der Waals surface area contributed by atoms with Gasteiger partial charge in [0.25, 0.3) is 5.91 Å². The van der Waals surface area contributed by atoms with Crippen molar-refractivity contribution < 1.29 is 32.4 Å². The molecule has 9 nitrogen and oxygen atoms in total. The van der Waals surface area contributed by atoms with E-state index in [0.29, 0.717) is 33.5 Å². The smallest absolute Gasteiger partial charge is 0.491 e. The van der Waals surface area contributed by atoms with E-state index in [4.69, 9.17) is 0 Å². The van der Waals surface area contributed by atoms with E-state index in [9.17, 15) is 32.4 Å². The molecule has 1 unspecified atom stereocenters. The van der Waals surface area contributed by atoms with Crippen molar-refractivity contribution in [2.24, 2.45) is 0 Å². The van der Waals surface area contributed by atoms with Gasteiger partial charge in [0.05, 0.1) is 11.1 Å². The number of rotatable bonds is 9. The Morgan fingerprint density at radius 1 is 1.18 bits per heavy atom. The van der Waals surface area contributed by atoms with Gasteiger partial charge < -0.3 is 19.9 Å². The van der Waals surface area contributed by atoms with Gasteiger partial charge in [-0.25, -0.2) is 17.6 Å². The van der Waals surface area contributed by atoms with Gasteiger partial charge in [-0.2, -0.15) is 5.10 Å². The number of halogens is 2. The van der Waals surface area contributed by atoms with Crippen LogP contribution >= 0.6 is 0 Å². The second-order valence-electron chi connectivity index (χ2n) is 9.41. The highest BCUT2D eigenvalue weighted by molar-refractivity contribution is 7.76. The van der Waals surface area contributed by atoms with Crippen LogP contribution in [0, 0.1) is 11.6 Å². The van der Waals surface area contributed by atoms with Gasteiger partial charge in [-0.1, -0.05) is 12.1 Å². The molecule has 1 atom stereocenters. The number of hydrogen-bond donors (Lipinski definition) is 3. The topological polar surface area (TPSA) is 130 Å². The maximum absolute atomic E-state index is 14.3. The van der Waals surface area contributed by atoms with Crippen LogP contribution in [0.5, 0.6) is 0 Å². The van der Waals surface area contributed by atoms with Crippen LogP contribution < -0.4 is 10.8 Å². The summed E-state index contributed by atoms with van der Waals surface area (Å²) in [5, 5.41) is 25.7. The van der Waals surface area contributed by atoms with Crippen LogP contribution in [0.3, 0.4) is 0 Å². The average Bonchev–Trinajstić information content (AvgIpc) is 3.68. The summed E-state index contributed by atoms with van der Waals surface area (Å²) in [7, 11) is -0.473. The zero-order chi connectivity index (χ0) is 27.8. The second kappa shape index (κ2) is 10.9. The van der Waals surface area contributed by atoms with Crippen LogP contribution in [0.25, 0.3) is 16.8 Å². The lowest BCUT2D eigenvalue weighted by Crippen LogP contribution is -2.33. The third kappa shape index (κ3) is 5.63. The molecule has 4 aromatic rings. The number of aromatic nitrogens is 2. The molecule has 0 aliphatic heterocycles. The molecule has 2 aromatic heterocycles. The molecule has 0 bridgehead atoms. The zero-order valence-electron chi connectivity index (χ0n) is 20.8. The molecule has 5 rings (SSSR count). The predicted octanol–water partition coefficient (Wildman–Crippen LogP) is 1.99. The molecule has 0 radical (unpaired) electrons. The van der Waals surface area contributed by atoms with Crippen molar-refractivity contribution in [3.8, 4) is 11.3 Å². The summed E-state index contributed by atoms with van der Waals surface area (Å²) in [5.74, 6) is -1.45. The van der Waals surface area contributed by atoms with Crippen molar-refractivity contribution in [1.29, 1.82) is 0 Å². The number of amides is 1. The van der Waals surface area contributed by atoms with Crippen molar-refractivity contribution in [1.82, 2.24) is 19.2 Å². The van der Waals surface area contributed by atoms with Crippen LogP contribution in [0.2, 0.25) is 0 Å². The Bertz CT molecular complexity index is 1580. The Hall–Kier alpha value is -3.49. The molecule has 202 valence electrons. The fourth-order valence-electron chi connectivity index (χ4n) is 4.64. The number of carbonyl (C=O) groups is 1. The molecule has 0 spiro atoms. The molecule has 0 saturated heterocycles. The van der Waals surface area contributed by atoms with Crippen LogP contribution in [0.4, 0.5) is 8.78 Å². The Labute approximate surface area is 225 Å². The van der Waals surface area contributed by atoms with Crippen LogP contribution in [-0.2, 0) is 24.4 Å². The first-order chi connectivity index (χ1) is 18.7. The first-order valence-electron chi connectivity index (χ1n) is 12.2. The van der Waals surface area contributed by atoms with Crippen molar-refractivity contribution in [3.05, 3.63) is 88.6 Å². The number of benzene rings is 2. The molecule has 1 fully saturated rings. The SMILES string of the molecule is CNC(=O)c1c(-c2ccc(F)cc2)nn2cc(CN(Cc3ccc(B(O)O)c(F)c3)S(=O)[O-])c(C3CC3)cc12. The maximum Gasteiger partial charge on any atom is 0.491 e. The molecule has 1 amide bonds. The predicted molar refractivity (Wildman–Crippen MR) is 140 cm³/mol. The largest absolute Gasteiger partial charge is 0.760 e. The van der Waals surface area contributed by atoms with E-state index in [2.05, 4.69) is 10.4 Å². The van der Waals surface area contributed by atoms with Gasteiger partial charge in [0.1, 0.15) is 17.3 Å². The summed E-state index contributed by atoms with van der Waals surface area (Å²) in [6.45, 7) is -0.189. The molecule has 1 aliphatic carbocycles. The molecule has 1 saturated carbocycles. The highest BCUT2D eigenvalue weighted by atomic mass is 32.2. The summed E-state index contributed by atoms with van der Waals surface area (Å²) in [4.78, 5) is 12.9. The van der Waals surface area contributed by atoms with Gasteiger partial charge in [0.2, 0.25) is 0 Å². The Balaban J connectivity index is 1.55. The maximum atomic E-state index is 14.3. The molecule has 39 heavy (non-hydrogen) atoms. The van der Waals surface area contributed by atoms with E-state index >= 15 is 0 Å². The summed E-state index contributed by atoms with van der Waals surface area (Å²) in [5.41, 5.74) is 3.35. The minimum Gasteiger partial charge on any atom is -0.760 e. The third-order valence-corrected chi connectivity index (χ3v) is 7.42. The summed E-state index contributed by atoms with van der Waals surface area (Å²) < 4.78 is 54.8. The van der Waals surface area contributed by atoms with E-state index in [1.807, 2.05) is 6.07 Å². The van der Waals surface area contributed by atoms with Crippen molar-refractivity contribution >= 4 is 35.3 Å². The molecular formula is C26H24BF2N4O5S-. The number of hydrogen-bond acceptors (Lipinski definition) is 6. The van der Waals surface area contributed by atoms with Gasteiger partial charge in [-0.3, -0.25) is 9.00 Å². The average molecular weight is 553 g/mol. The highest BCUT2D eigenvalue weighted by Crippen LogP contribution is 2.43. The number of carbonyl (C=O) groups excluding carboxylic acids is 1. The Kier molecular flexibility index (Phi) is 7.60. The van der Waals surface area contributed by atoms with E-state index in [-0.39, 0.29) is 30.4 Å². The van der Waals surface area contributed by atoms with Crippen molar-refractivity contribution in [2.45, 2.75) is 31.8 Å². The second-order valence-corrected chi connectivity index (χ2v) is 10.4. The van der Waals surface area contributed by atoms with Crippen LogP contribution in [0.1, 0.15) is 45.8 Å². The van der Waals surface area contributed by atoms with Gasteiger partial charge in [-0.05, 0) is 71.8 Å². The summed E-state index contributed by atoms with van der Waals surface area (Å²) in [6, 6.07) is 11.2. The van der Waals surface area contributed by atoms with E-state index in [0.717, 1.165) is 28.8 Å².